The minimum absolute atomic E-state index is 0.455. The summed E-state index contributed by atoms with van der Waals surface area (Å²) < 4.78 is 5.46. The van der Waals surface area contributed by atoms with Crippen molar-refractivity contribution in [1.82, 2.24) is 10.2 Å². The van der Waals surface area contributed by atoms with E-state index in [-0.39, 0.29) is 0 Å². The summed E-state index contributed by atoms with van der Waals surface area (Å²) in [4.78, 5) is 2.62. The average molecular weight is 294 g/mol. The molecular weight excluding hydrogens is 272 g/mol. The first-order chi connectivity index (χ1) is 10.9. The molecule has 2 aromatic carbocycles. The third-order valence-corrected chi connectivity index (χ3v) is 5.00. The molecule has 1 fully saturated rings. The molecule has 0 aliphatic carbocycles. The predicted molar refractivity (Wildman–Crippen MR) is 88.5 cm³/mol. The molecule has 2 aromatic rings. The minimum Gasteiger partial charge on any atom is -0.497 e. The van der Waals surface area contributed by atoms with Crippen LogP contribution in [0.4, 0.5) is 0 Å². The molecule has 0 saturated carbocycles. The number of methoxy groups -OCH3 is 1. The lowest BCUT2D eigenvalue weighted by Crippen LogP contribution is -2.50. The second-order valence-electron chi connectivity index (χ2n) is 6.17. The van der Waals surface area contributed by atoms with E-state index in [1.807, 2.05) is 0 Å². The van der Waals surface area contributed by atoms with Gasteiger partial charge in [-0.3, -0.25) is 4.90 Å². The van der Waals surface area contributed by atoms with Gasteiger partial charge in [-0.2, -0.15) is 0 Å². The first-order valence-electron chi connectivity index (χ1n) is 8.04. The van der Waals surface area contributed by atoms with Crippen molar-refractivity contribution in [3.05, 3.63) is 65.2 Å². The summed E-state index contributed by atoms with van der Waals surface area (Å²) in [6, 6.07) is 17.9. The van der Waals surface area contributed by atoms with Crippen LogP contribution in [0.3, 0.4) is 0 Å². The van der Waals surface area contributed by atoms with Gasteiger partial charge < -0.3 is 10.1 Å². The van der Waals surface area contributed by atoms with Crippen molar-refractivity contribution in [2.75, 3.05) is 33.3 Å². The van der Waals surface area contributed by atoms with Gasteiger partial charge in [0.2, 0.25) is 0 Å². The van der Waals surface area contributed by atoms with Gasteiger partial charge in [0.15, 0.2) is 0 Å². The molecule has 3 nitrogen and oxygen atoms in total. The highest BCUT2D eigenvalue weighted by Gasteiger charge is 2.35. The summed E-state index contributed by atoms with van der Waals surface area (Å²) in [7, 11) is 1.75. The number of hydrogen-bond donors (Lipinski definition) is 1. The first kappa shape index (κ1) is 13.8. The molecule has 1 saturated heterocycles. The Hall–Kier alpha value is -1.84. The van der Waals surface area contributed by atoms with Gasteiger partial charge in [-0.05, 0) is 28.8 Å². The molecule has 0 bridgehead atoms. The zero-order chi connectivity index (χ0) is 14.9. The van der Waals surface area contributed by atoms with Gasteiger partial charge in [0.25, 0.3) is 0 Å². The van der Waals surface area contributed by atoms with E-state index < -0.39 is 0 Å². The van der Waals surface area contributed by atoms with Crippen LogP contribution in [0, 0.1) is 0 Å². The second kappa shape index (κ2) is 5.75. The van der Waals surface area contributed by atoms with Crippen LogP contribution in [0.5, 0.6) is 5.75 Å². The Labute approximate surface area is 131 Å². The molecule has 0 radical (unpaired) electrons. The van der Waals surface area contributed by atoms with Crippen molar-refractivity contribution >= 4 is 0 Å². The van der Waals surface area contributed by atoms with E-state index in [0.29, 0.717) is 12.0 Å². The maximum atomic E-state index is 5.46. The quantitative estimate of drug-likeness (QED) is 0.922. The van der Waals surface area contributed by atoms with Crippen molar-refractivity contribution in [1.29, 1.82) is 0 Å². The standard InChI is InChI=1S/C19H22N2O/c1-22-15-7-8-16-17(11-15)19-12-20-9-10-21(19)13-18(16)14-5-3-2-4-6-14/h2-8,11,18-20H,9-10,12-13H2,1H3. The molecule has 1 N–H and O–H groups in total. The SMILES string of the molecule is COc1ccc2c(c1)C1CNCCN1CC2c1ccccc1. The molecule has 2 heterocycles. The van der Waals surface area contributed by atoms with Crippen molar-refractivity contribution in [3.8, 4) is 5.75 Å². The summed E-state index contributed by atoms with van der Waals surface area (Å²) in [5.41, 5.74) is 4.29. The molecule has 2 atom stereocenters. The number of rotatable bonds is 2. The Kier molecular flexibility index (Phi) is 3.60. The van der Waals surface area contributed by atoms with Crippen molar-refractivity contribution in [2.45, 2.75) is 12.0 Å². The van der Waals surface area contributed by atoms with Crippen molar-refractivity contribution < 1.29 is 4.74 Å². The lowest BCUT2D eigenvalue weighted by Gasteiger charge is -2.44. The highest BCUT2D eigenvalue weighted by atomic mass is 16.5. The van der Waals surface area contributed by atoms with E-state index in [9.17, 15) is 0 Å². The van der Waals surface area contributed by atoms with Gasteiger partial charge in [-0.1, -0.05) is 36.4 Å². The van der Waals surface area contributed by atoms with E-state index >= 15 is 0 Å². The van der Waals surface area contributed by atoms with Gasteiger partial charge in [-0.25, -0.2) is 0 Å². The fraction of sp³-hybridized carbons (Fsp3) is 0.368. The number of hydrogen-bond acceptors (Lipinski definition) is 3. The highest BCUT2D eigenvalue weighted by molar-refractivity contribution is 5.46. The third kappa shape index (κ3) is 2.31. The largest absolute Gasteiger partial charge is 0.497 e. The topological polar surface area (TPSA) is 24.5 Å². The van der Waals surface area contributed by atoms with Gasteiger partial charge in [0.1, 0.15) is 5.75 Å². The average Bonchev–Trinajstić information content (AvgIpc) is 2.61. The molecule has 114 valence electrons. The monoisotopic (exact) mass is 294 g/mol. The van der Waals surface area contributed by atoms with Crippen LogP contribution in [0.15, 0.2) is 48.5 Å². The molecule has 2 aliphatic rings. The van der Waals surface area contributed by atoms with Gasteiger partial charge in [-0.15, -0.1) is 0 Å². The van der Waals surface area contributed by atoms with Gasteiger partial charge in [0, 0.05) is 38.1 Å². The zero-order valence-electron chi connectivity index (χ0n) is 13.0. The predicted octanol–water partition coefficient (Wildman–Crippen LogP) is 2.79. The number of nitrogens with zero attached hydrogens (tertiary/aromatic N) is 1. The fourth-order valence-corrected chi connectivity index (χ4v) is 3.86. The Morgan fingerprint density at radius 3 is 2.77 bits per heavy atom. The molecular formula is C19H22N2O. The summed E-state index contributed by atoms with van der Waals surface area (Å²) in [5.74, 6) is 1.41. The Morgan fingerprint density at radius 2 is 1.95 bits per heavy atom. The molecule has 2 aliphatic heterocycles. The van der Waals surface area contributed by atoms with Crippen molar-refractivity contribution in [3.63, 3.8) is 0 Å². The van der Waals surface area contributed by atoms with Crippen LogP contribution in [0.2, 0.25) is 0 Å². The number of benzene rings is 2. The molecule has 22 heavy (non-hydrogen) atoms. The molecule has 0 spiro atoms. The van der Waals surface area contributed by atoms with E-state index in [0.717, 1.165) is 31.9 Å². The van der Waals surface area contributed by atoms with Gasteiger partial charge >= 0.3 is 0 Å². The summed E-state index contributed by atoms with van der Waals surface area (Å²) in [6.07, 6.45) is 0. The minimum atomic E-state index is 0.455. The first-order valence-corrected chi connectivity index (χ1v) is 8.04. The smallest absolute Gasteiger partial charge is 0.119 e. The molecule has 4 rings (SSSR count). The maximum Gasteiger partial charge on any atom is 0.119 e. The zero-order valence-corrected chi connectivity index (χ0v) is 13.0. The molecule has 0 aromatic heterocycles. The number of fused-ring (bicyclic) bond motifs is 3. The number of piperazine rings is 1. The normalized spacial score (nSPS) is 24.4. The van der Waals surface area contributed by atoms with Crippen molar-refractivity contribution in [2.24, 2.45) is 0 Å². The lowest BCUT2D eigenvalue weighted by molar-refractivity contribution is 0.143. The fourth-order valence-electron chi connectivity index (χ4n) is 3.86. The van der Waals surface area contributed by atoms with Crippen LogP contribution >= 0.6 is 0 Å². The highest BCUT2D eigenvalue weighted by Crippen LogP contribution is 2.41. The number of nitrogens with one attached hydrogen (secondary N) is 1. The number of ether oxygens (including phenoxy) is 1. The van der Waals surface area contributed by atoms with E-state index in [1.54, 1.807) is 7.11 Å². The van der Waals surface area contributed by atoms with Crippen LogP contribution in [0.25, 0.3) is 0 Å². The summed E-state index contributed by atoms with van der Waals surface area (Å²) in [5, 5.41) is 3.53. The maximum absolute atomic E-state index is 5.46. The van der Waals surface area contributed by atoms with E-state index in [4.69, 9.17) is 4.74 Å². The van der Waals surface area contributed by atoms with E-state index in [2.05, 4.69) is 58.7 Å². The molecule has 3 heteroatoms. The Bertz CT molecular complexity index is 656. The van der Waals surface area contributed by atoms with Crippen LogP contribution in [-0.2, 0) is 0 Å². The van der Waals surface area contributed by atoms with Crippen LogP contribution in [0.1, 0.15) is 28.7 Å². The van der Waals surface area contributed by atoms with Crippen LogP contribution < -0.4 is 10.1 Å². The summed E-state index contributed by atoms with van der Waals surface area (Å²) >= 11 is 0. The summed E-state index contributed by atoms with van der Waals surface area (Å²) in [6.45, 7) is 4.33. The second-order valence-corrected chi connectivity index (χ2v) is 6.17. The lowest BCUT2D eigenvalue weighted by atomic mass is 9.80. The third-order valence-electron chi connectivity index (χ3n) is 5.00. The molecule has 0 amide bonds. The van der Waals surface area contributed by atoms with E-state index in [1.165, 1.54) is 16.7 Å². The molecule has 2 unspecified atom stereocenters. The Balaban J connectivity index is 1.82. The van der Waals surface area contributed by atoms with Gasteiger partial charge in [0.05, 0.1) is 7.11 Å². The Morgan fingerprint density at radius 1 is 1.09 bits per heavy atom. The van der Waals surface area contributed by atoms with Crippen LogP contribution in [-0.4, -0.2) is 38.2 Å².